The zero-order valence-electron chi connectivity index (χ0n) is 10.4. The first-order valence-electron chi connectivity index (χ1n) is 5.80. The molecule has 0 spiro atoms. The normalized spacial score (nSPS) is 10.8. The molecule has 0 unspecified atom stereocenters. The van der Waals surface area contributed by atoms with Gasteiger partial charge in [-0.1, -0.05) is 0 Å². The molecule has 0 aliphatic carbocycles. The molecule has 0 atom stereocenters. The molecule has 6 nitrogen and oxygen atoms in total. The van der Waals surface area contributed by atoms with Gasteiger partial charge in [0.2, 0.25) is 0 Å². The summed E-state index contributed by atoms with van der Waals surface area (Å²) in [4.78, 5) is 9.92. The second kappa shape index (κ2) is 5.13. The van der Waals surface area contributed by atoms with E-state index >= 15 is 0 Å². The highest BCUT2D eigenvalue weighted by atomic mass is 79.9. The lowest BCUT2D eigenvalue weighted by Gasteiger charge is -2.07. The van der Waals surface area contributed by atoms with Crippen LogP contribution in [0.4, 0.5) is 10.1 Å². The third kappa shape index (κ3) is 2.57. The predicted molar refractivity (Wildman–Crippen MR) is 76.0 cm³/mol. The van der Waals surface area contributed by atoms with Crippen molar-refractivity contribution < 1.29 is 14.1 Å². The number of benzene rings is 1. The molecule has 8 heteroatoms. The highest BCUT2D eigenvalue weighted by Gasteiger charge is 2.14. The average molecular weight is 352 g/mol. The van der Waals surface area contributed by atoms with Gasteiger partial charge in [0, 0.05) is 18.3 Å². The molecule has 21 heavy (non-hydrogen) atoms. The van der Waals surface area contributed by atoms with E-state index in [1.54, 1.807) is 28.9 Å². The summed E-state index contributed by atoms with van der Waals surface area (Å²) in [5.74, 6) is -0.501. The molecule has 3 rings (SSSR count). The second-order valence-electron chi connectivity index (χ2n) is 4.14. The monoisotopic (exact) mass is 351 g/mol. The number of nitro benzene ring substituents is 1. The first kappa shape index (κ1) is 13.5. The molecule has 0 amide bonds. The molecule has 0 N–H and O–H groups in total. The van der Waals surface area contributed by atoms with E-state index in [2.05, 4.69) is 21.0 Å². The summed E-state index contributed by atoms with van der Waals surface area (Å²) < 4.78 is 21.5. The largest absolute Gasteiger partial charge is 0.452 e. The van der Waals surface area contributed by atoms with E-state index in [9.17, 15) is 14.5 Å². The number of halogens is 2. The quantitative estimate of drug-likeness (QED) is 0.529. The van der Waals surface area contributed by atoms with Crippen molar-refractivity contribution in [3.8, 4) is 11.5 Å². The zero-order chi connectivity index (χ0) is 15.0. The lowest BCUT2D eigenvalue weighted by atomic mass is 10.3. The number of fused-ring (bicyclic) bond motifs is 1. The molecule has 0 aliphatic heterocycles. The molecule has 0 aliphatic rings. The predicted octanol–water partition coefficient (Wildman–Crippen LogP) is 3.94. The Kier molecular flexibility index (Phi) is 3.30. The number of pyridine rings is 1. The van der Waals surface area contributed by atoms with Crippen LogP contribution in [-0.2, 0) is 0 Å². The molecule has 2 aromatic heterocycles. The zero-order valence-corrected chi connectivity index (χ0v) is 11.9. The van der Waals surface area contributed by atoms with Gasteiger partial charge < -0.3 is 4.74 Å². The molecule has 2 heterocycles. The van der Waals surface area contributed by atoms with Crippen LogP contribution in [0.1, 0.15) is 0 Å². The standard InChI is InChI=1S/C13H7BrFN3O3/c14-13-7-10-12(2-1-5-17(10)16-13)21-11-4-3-8(18(19)20)6-9(11)15/h1-7H. The number of nitrogens with zero attached hydrogens (tertiary/aromatic N) is 3. The maximum absolute atomic E-state index is 13.8. The SMILES string of the molecule is O=[N+]([O-])c1ccc(Oc2cccn3nc(Br)cc23)c(F)c1. The van der Waals surface area contributed by atoms with Gasteiger partial charge >= 0.3 is 0 Å². The van der Waals surface area contributed by atoms with Gasteiger partial charge in [-0.25, -0.2) is 8.91 Å². The van der Waals surface area contributed by atoms with E-state index < -0.39 is 10.7 Å². The fourth-order valence-corrected chi connectivity index (χ4v) is 2.24. The maximum Gasteiger partial charge on any atom is 0.272 e. The minimum absolute atomic E-state index is 0.0916. The number of ether oxygens (including phenoxy) is 1. The van der Waals surface area contributed by atoms with Crippen molar-refractivity contribution in [2.24, 2.45) is 0 Å². The van der Waals surface area contributed by atoms with E-state index in [1.807, 2.05) is 0 Å². The van der Waals surface area contributed by atoms with Gasteiger partial charge in [-0.2, -0.15) is 5.10 Å². The number of rotatable bonds is 3. The van der Waals surface area contributed by atoms with Crippen molar-refractivity contribution >= 4 is 27.1 Å². The molecule has 0 radical (unpaired) electrons. The molecular formula is C13H7BrFN3O3. The van der Waals surface area contributed by atoms with E-state index in [1.165, 1.54) is 12.1 Å². The van der Waals surface area contributed by atoms with Crippen LogP contribution in [0.15, 0.2) is 47.2 Å². The minimum atomic E-state index is -0.801. The molecule has 1 aromatic carbocycles. The summed E-state index contributed by atoms with van der Waals surface area (Å²) in [5.41, 5.74) is 0.312. The van der Waals surface area contributed by atoms with E-state index in [4.69, 9.17) is 4.74 Å². The van der Waals surface area contributed by atoms with E-state index in [0.717, 1.165) is 6.07 Å². The summed E-state index contributed by atoms with van der Waals surface area (Å²) in [5, 5.41) is 14.7. The van der Waals surface area contributed by atoms with Gasteiger partial charge in [0.1, 0.15) is 10.1 Å². The van der Waals surface area contributed by atoms with Gasteiger partial charge in [0.05, 0.1) is 11.0 Å². The number of non-ortho nitro benzene ring substituents is 1. The lowest BCUT2D eigenvalue weighted by Crippen LogP contribution is -1.94. The van der Waals surface area contributed by atoms with Crippen molar-refractivity contribution in [3.63, 3.8) is 0 Å². The number of hydrogen-bond donors (Lipinski definition) is 0. The smallest absolute Gasteiger partial charge is 0.272 e. The summed E-state index contributed by atoms with van der Waals surface area (Å²) in [6.07, 6.45) is 1.72. The van der Waals surface area contributed by atoms with Crippen LogP contribution in [0, 0.1) is 15.9 Å². The first-order chi connectivity index (χ1) is 10.0. The van der Waals surface area contributed by atoms with Gasteiger partial charge in [0.15, 0.2) is 17.3 Å². The van der Waals surface area contributed by atoms with Crippen molar-refractivity contribution in [1.29, 1.82) is 0 Å². The highest BCUT2D eigenvalue weighted by Crippen LogP contribution is 2.30. The van der Waals surface area contributed by atoms with Crippen molar-refractivity contribution in [2.75, 3.05) is 0 Å². The van der Waals surface area contributed by atoms with Crippen LogP contribution < -0.4 is 4.74 Å². The van der Waals surface area contributed by atoms with E-state index in [-0.39, 0.29) is 11.4 Å². The second-order valence-corrected chi connectivity index (χ2v) is 4.96. The van der Waals surface area contributed by atoms with E-state index in [0.29, 0.717) is 15.9 Å². The van der Waals surface area contributed by atoms with Crippen LogP contribution in [0.25, 0.3) is 5.52 Å². The Bertz CT molecular complexity index is 850. The van der Waals surface area contributed by atoms with Crippen molar-refractivity contribution in [1.82, 2.24) is 9.61 Å². The van der Waals surface area contributed by atoms with Gasteiger partial charge in [-0.05, 0) is 34.1 Å². The Balaban J connectivity index is 2.00. The number of aromatic nitrogens is 2. The van der Waals surface area contributed by atoms with Gasteiger partial charge in [-0.3, -0.25) is 10.1 Å². The third-order valence-electron chi connectivity index (χ3n) is 2.78. The van der Waals surface area contributed by atoms with Crippen LogP contribution in [0.2, 0.25) is 0 Å². The Morgan fingerprint density at radius 1 is 1.29 bits per heavy atom. The fourth-order valence-electron chi connectivity index (χ4n) is 1.85. The van der Waals surface area contributed by atoms with Gasteiger partial charge in [-0.15, -0.1) is 0 Å². The molecule has 0 saturated heterocycles. The first-order valence-corrected chi connectivity index (χ1v) is 6.59. The molecule has 0 fully saturated rings. The van der Waals surface area contributed by atoms with Gasteiger partial charge in [0.25, 0.3) is 5.69 Å². The van der Waals surface area contributed by atoms with Crippen LogP contribution >= 0.6 is 15.9 Å². The molecule has 0 saturated carbocycles. The Morgan fingerprint density at radius 3 is 2.81 bits per heavy atom. The maximum atomic E-state index is 13.8. The summed E-state index contributed by atoms with van der Waals surface area (Å²) in [6.45, 7) is 0. The topological polar surface area (TPSA) is 69.7 Å². The summed E-state index contributed by atoms with van der Waals surface area (Å²) in [7, 11) is 0. The summed E-state index contributed by atoms with van der Waals surface area (Å²) >= 11 is 3.25. The number of hydrogen-bond acceptors (Lipinski definition) is 4. The average Bonchev–Trinajstić information content (AvgIpc) is 2.82. The van der Waals surface area contributed by atoms with Crippen LogP contribution in [0.3, 0.4) is 0 Å². The fraction of sp³-hybridized carbons (Fsp3) is 0. The highest BCUT2D eigenvalue weighted by molar-refractivity contribution is 9.10. The Morgan fingerprint density at radius 2 is 2.10 bits per heavy atom. The third-order valence-corrected chi connectivity index (χ3v) is 3.17. The number of nitro groups is 1. The molecular weight excluding hydrogens is 345 g/mol. The minimum Gasteiger partial charge on any atom is -0.452 e. The van der Waals surface area contributed by atoms with Crippen molar-refractivity contribution in [3.05, 3.63) is 63.1 Å². The Labute approximate surface area is 126 Å². The Hall–Kier alpha value is -2.48. The van der Waals surface area contributed by atoms with Crippen LogP contribution in [-0.4, -0.2) is 14.5 Å². The lowest BCUT2D eigenvalue weighted by molar-refractivity contribution is -0.385. The molecule has 0 bridgehead atoms. The van der Waals surface area contributed by atoms with Crippen LogP contribution in [0.5, 0.6) is 11.5 Å². The molecule has 106 valence electrons. The van der Waals surface area contributed by atoms with Crippen molar-refractivity contribution in [2.45, 2.75) is 0 Å². The summed E-state index contributed by atoms with van der Waals surface area (Å²) in [6, 6.07) is 8.31. The molecule has 3 aromatic rings.